The first-order valence-electron chi connectivity index (χ1n) is 8.89. The number of H-pyrrole nitrogens is 1. The average Bonchev–Trinajstić information content (AvgIpc) is 2.69. The van der Waals surface area contributed by atoms with Crippen molar-refractivity contribution in [3.8, 4) is 0 Å². The molecule has 0 saturated heterocycles. The second-order valence-electron chi connectivity index (χ2n) is 6.43. The van der Waals surface area contributed by atoms with Crippen molar-refractivity contribution in [1.82, 2.24) is 15.3 Å². The van der Waals surface area contributed by atoms with Gasteiger partial charge >= 0.3 is 0 Å². The van der Waals surface area contributed by atoms with Gasteiger partial charge in [-0.15, -0.1) is 0 Å². The second-order valence-corrected chi connectivity index (χ2v) is 8.27. The van der Waals surface area contributed by atoms with Gasteiger partial charge in [-0.25, -0.2) is 4.98 Å². The molecule has 0 aliphatic rings. The quantitative estimate of drug-likeness (QED) is 0.411. The predicted octanol–water partition coefficient (Wildman–Crippen LogP) is 4.54. The molecule has 1 aromatic heterocycles. The first kappa shape index (κ1) is 21.4. The Balaban J connectivity index is 1.60. The van der Waals surface area contributed by atoms with Gasteiger partial charge < -0.3 is 10.3 Å². The molecule has 0 spiro atoms. The standard InChI is InChI=1S/C21H19Cl2N3O2S/c1-13-18(10-19(27)24-11-14-5-7-16(22)8-6-14)20(28)26-21(25-13)29-12-15-3-2-4-17(23)9-15/h2-9H,10-12H2,1H3,(H,24,27)(H,25,26,28). The average molecular weight is 448 g/mol. The van der Waals surface area contributed by atoms with E-state index in [1.807, 2.05) is 36.4 Å². The summed E-state index contributed by atoms with van der Waals surface area (Å²) in [6.45, 7) is 2.11. The molecule has 150 valence electrons. The van der Waals surface area contributed by atoms with Crippen LogP contribution < -0.4 is 10.9 Å². The first-order valence-corrected chi connectivity index (χ1v) is 10.6. The molecule has 0 aliphatic heterocycles. The Kier molecular flexibility index (Phi) is 7.36. The summed E-state index contributed by atoms with van der Waals surface area (Å²) < 4.78 is 0. The van der Waals surface area contributed by atoms with Crippen LogP contribution >= 0.6 is 35.0 Å². The van der Waals surface area contributed by atoms with E-state index in [-0.39, 0.29) is 17.9 Å². The molecule has 0 bridgehead atoms. The zero-order valence-corrected chi connectivity index (χ0v) is 18.0. The molecular weight excluding hydrogens is 429 g/mol. The fourth-order valence-electron chi connectivity index (χ4n) is 2.67. The zero-order valence-electron chi connectivity index (χ0n) is 15.7. The fourth-order valence-corrected chi connectivity index (χ4v) is 3.85. The van der Waals surface area contributed by atoms with E-state index in [0.29, 0.717) is 38.8 Å². The number of rotatable bonds is 7. The summed E-state index contributed by atoms with van der Waals surface area (Å²) in [5.41, 5.74) is 2.58. The summed E-state index contributed by atoms with van der Waals surface area (Å²) in [6.07, 6.45) is -0.0268. The normalized spacial score (nSPS) is 10.7. The molecule has 0 saturated carbocycles. The number of halogens is 2. The van der Waals surface area contributed by atoms with Crippen molar-refractivity contribution in [2.45, 2.75) is 30.8 Å². The number of hydrogen-bond donors (Lipinski definition) is 2. The lowest BCUT2D eigenvalue weighted by Gasteiger charge is -2.08. The fraction of sp³-hybridized carbons (Fsp3) is 0.190. The number of hydrogen-bond acceptors (Lipinski definition) is 4. The van der Waals surface area contributed by atoms with E-state index in [1.54, 1.807) is 19.1 Å². The third kappa shape index (κ3) is 6.35. The number of carbonyl (C=O) groups is 1. The summed E-state index contributed by atoms with van der Waals surface area (Å²) in [6, 6.07) is 14.7. The molecule has 0 radical (unpaired) electrons. The van der Waals surface area contributed by atoms with Crippen molar-refractivity contribution < 1.29 is 4.79 Å². The van der Waals surface area contributed by atoms with Gasteiger partial charge in [-0.3, -0.25) is 9.59 Å². The summed E-state index contributed by atoms with van der Waals surface area (Å²) in [5, 5.41) is 4.63. The molecule has 3 rings (SSSR count). The van der Waals surface area contributed by atoms with E-state index in [2.05, 4.69) is 15.3 Å². The Morgan fingerprint density at radius 1 is 1.10 bits per heavy atom. The summed E-state index contributed by atoms with van der Waals surface area (Å²) in [5.74, 6) is 0.388. The van der Waals surface area contributed by atoms with E-state index in [1.165, 1.54) is 11.8 Å². The third-order valence-corrected chi connectivity index (χ3v) is 5.64. The number of thioether (sulfide) groups is 1. The van der Waals surface area contributed by atoms with Crippen LogP contribution in [0.15, 0.2) is 58.5 Å². The molecule has 2 N–H and O–H groups in total. The smallest absolute Gasteiger partial charge is 0.255 e. The Morgan fingerprint density at radius 2 is 1.86 bits per heavy atom. The van der Waals surface area contributed by atoms with Crippen LogP contribution in [0.25, 0.3) is 0 Å². The van der Waals surface area contributed by atoms with Gasteiger partial charge in [0.25, 0.3) is 5.56 Å². The lowest BCUT2D eigenvalue weighted by molar-refractivity contribution is -0.120. The summed E-state index contributed by atoms with van der Waals surface area (Å²) in [7, 11) is 0. The SMILES string of the molecule is Cc1nc(SCc2cccc(Cl)c2)[nH]c(=O)c1CC(=O)NCc1ccc(Cl)cc1. The van der Waals surface area contributed by atoms with Crippen LogP contribution in [0.3, 0.4) is 0 Å². The van der Waals surface area contributed by atoms with E-state index in [4.69, 9.17) is 23.2 Å². The topological polar surface area (TPSA) is 74.8 Å². The van der Waals surface area contributed by atoms with Crippen LogP contribution in [0.1, 0.15) is 22.4 Å². The van der Waals surface area contributed by atoms with Crippen molar-refractivity contribution in [3.63, 3.8) is 0 Å². The molecular formula is C21H19Cl2N3O2S. The third-order valence-electron chi connectivity index (χ3n) is 4.21. The van der Waals surface area contributed by atoms with Gasteiger partial charge in [-0.1, -0.05) is 59.2 Å². The molecule has 5 nitrogen and oxygen atoms in total. The summed E-state index contributed by atoms with van der Waals surface area (Å²) >= 11 is 13.3. The molecule has 0 atom stereocenters. The van der Waals surface area contributed by atoms with Gasteiger partial charge in [0.1, 0.15) is 0 Å². The number of nitrogens with one attached hydrogen (secondary N) is 2. The number of aryl methyl sites for hydroxylation is 1. The Labute approximate surface area is 182 Å². The van der Waals surface area contributed by atoms with Crippen LogP contribution in [0.4, 0.5) is 0 Å². The Hall–Kier alpha value is -2.28. The van der Waals surface area contributed by atoms with Crippen molar-refractivity contribution in [1.29, 1.82) is 0 Å². The lowest BCUT2D eigenvalue weighted by Crippen LogP contribution is -2.28. The maximum absolute atomic E-state index is 12.4. The van der Waals surface area contributed by atoms with Gasteiger partial charge in [0.05, 0.1) is 6.42 Å². The highest BCUT2D eigenvalue weighted by Gasteiger charge is 2.13. The number of aromatic amines is 1. The monoisotopic (exact) mass is 447 g/mol. The number of amides is 1. The van der Waals surface area contributed by atoms with Crippen molar-refractivity contribution in [2.24, 2.45) is 0 Å². The highest BCUT2D eigenvalue weighted by molar-refractivity contribution is 7.98. The van der Waals surface area contributed by atoms with Crippen LogP contribution in [0.5, 0.6) is 0 Å². The van der Waals surface area contributed by atoms with Gasteiger partial charge in [0.2, 0.25) is 5.91 Å². The largest absolute Gasteiger partial charge is 0.352 e. The molecule has 0 unspecified atom stereocenters. The molecule has 3 aromatic rings. The minimum atomic E-state index is -0.298. The lowest BCUT2D eigenvalue weighted by atomic mass is 10.1. The van der Waals surface area contributed by atoms with E-state index in [9.17, 15) is 9.59 Å². The number of benzene rings is 2. The van der Waals surface area contributed by atoms with Crippen LogP contribution in [0.2, 0.25) is 10.0 Å². The molecule has 2 aromatic carbocycles. The number of carbonyl (C=O) groups excluding carboxylic acids is 1. The minimum absolute atomic E-state index is 0.0268. The Morgan fingerprint density at radius 3 is 2.55 bits per heavy atom. The highest BCUT2D eigenvalue weighted by Crippen LogP contribution is 2.21. The molecule has 8 heteroatoms. The number of aromatic nitrogens is 2. The molecule has 0 aliphatic carbocycles. The van der Waals surface area contributed by atoms with Crippen LogP contribution in [-0.4, -0.2) is 15.9 Å². The van der Waals surface area contributed by atoms with Crippen molar-refractivity contribution >= 4 is 40.9 Å². The molecule has 1 amide bonds. The zero-order chi connectivity index (χ0) is 20.8. The van der Waals surface area contributed by atoms with Gasteiger partial charge in [0.15, 0.2) is 5.16 Å². The maximum Gasteiger partial charge on any atom is 0.255 e. The van der Waals surface area contributed by atoms with Gasteiger partial charge in [-0.05, 0) is 42.3 Å². The minimum Gasteiger partial charge on any atom is -0.352 e. The van der Waals surface area contributed by atoms with Crippen molar-refractivity contribution in [2.75, 3.05) is 0 Å². The first-order chi connectivity index (χ1) is 13.9. The van der Waals surface area contributed by atoms with Gasteiger partial charge in [0, 0.05) is 33.6 Å². The molecule has 0 fully saturated rings. The van der Waals surface area contributed by atoms with Crippen LogP contribution in [-0.2, 0) is 23.5 Å². The van der Waals surface area contributed by atoms with E-state index >= 15 is 0 Å². The Bertz CT molecular complexity index is 1070. The predicted molar refractivity (Wildman–Crippen MR) is 118 cm³/mol. The molecule has 29 heavy (non-hydrogen) atoms. The number of nitrogens with zero attached hydrogens (tertiary/aromatic N) is 1. The second kappa shape index (κ2) is 9.96. The van der Waals surface area contributed by atoms with Crippen LogP contribution in [0, 0.1) is 6.92 Å². The molecule has 1 heterocycles. The van der Waals surface area contributed by atoms with E-state index < -0.39 is 0 Å². The van der Waals surface area contributed by atoms with E-state index in [0.717, 1.165) is 11.1 Å². The summed E-state index contributed by atoms with van der Waals surface area (Å²) in [4.78, 5) is 31.9. The maximum atomic E-state index is 12.4. The van der Waals surface area contributed by atoms with Gasteiger partial charge in [-0.2, -0.15) is 0 Å². The highest BCUT2D eigenvalue weighted by atomic mass is 35.5. The van der Waals surface area contributed by atoms with Crippen molar-refractivity contribution in [3.05, 3.63) is 91.3 Å².